The fraction of sp³-hybridized carbons (Fsp3) is 0.375. The summed E-state index contributed by atoms with van der Waals surface area (Å²) in [6, 6.07) is 16.4. The Morgan fingerprint density at radius 3 is 2.17 bits per heavy atom. The van der Waals surface area contributed by atoms with Crippen LogP contribution in [0.15, 0.2) is 53.3 Å². The van der Waals surface area contributed by atoms with Gasteiger partial charge in [0.15, 0.2) is 0 Å². The Balaban J connectivity index is 2.43. The van der Waals surface area contributed by atoms with E-state index in [2.05, 4.69) is 65.5 Å². The van der Waals surface area contributed by atoms with Gasteiger partial charge < -0.3 is 0 Å². The summed E-state index contributed by atoms with van der Waals surface area (Å²) >= 11 is 6.71. The third-order valence-corrected chi connectivity index (χ3v) is 10.8. The molecule has 0 amide bonds. The monoisotopic (exact) mass is 442 g/mol. The molecule has 1 aromatic heterocycles. The summed E-state index contributed by atoms with van der Waals surface area (Å²) in [4.78, 5) is 0. The molecule has 0 unspecified atom stereocenters. The number of aryl methyl sites for hydroxylation is 2. The fourth-order valence-corrected chi connectivity index (χ4v) is 8.79. The maximum atomic E-state index is 6.71. The van der Waals surface area contributed by atoms with Gasteiger partial charge >= 0.3 is 0 Å². The molecule has 0 aliphatic rings. The average Bonchev–Trinajstić information content (AvgIpc) is 2.97. The van der Waals surface area contributed by atoms with E-state index in [4.69, 9.17) is 21.4 Å². The van der Waals surface area contributed by atoms with E-state index in [1.54, 1.807) is 0 Å². The largest absolute Gasteiger partial charge is 0.271 e. The van der Waals surface area contributed by atoms with Crippen LogP contribution in [0, 0.1) is 20.8 Å². The van der Waals surface area contributed by atoms with Gasteiger partial charge in [0.05, 0.1) is 40.3 Å². The smallest absolute Gasteiger partial charge is 0.0822 e. The van der Waals surface area contributed by atoms with E-state index in [1.165, 1.54) is 5.30 Å². The number of halogens is 1. The average molecular weight is 443 g/mol. The summed E-state index contributed by atoms with van der Waals surface area (Å²) in [6.07, 6.45) is 0. The van der Waals surface area contributed by atoms with Crippen molar-refractivity contribution in [2.45, 2.75) is 46.7 Å². The van der Waals surface area contributed by atoms with E-state index >= 15 is 0 Å². The van der Waals surface area contributed by atoms with E-state index in [0.29, 0.717) is 0 Å². The first-order valence-electron chi connectivity index (χ1n) is 10.2. The molecule has 0 radical (unpaired) electrons. The van der Waals surface area contributed by atoms with Crippen molar-refractivity contribution in [3.05, 3.63) is 70.5 Å². The van der Waals surface area contributed by atoms with Crippen LogP contribution in [0.1, 0.15) is 37.7 Å². The first-order chi connectivity index (χ1) is 14.0. The van der Waals surface area contributed by atoms with Crippen LogP contribution in [-0.2, 0) is 0 Å². The van der Waals surface area contributed by atoms with Gasteiger partial charge in [0.25, 0.3) is 0 Å². The molecule has 3 aromatic rings. The van der Waals surface area contributed by atoms with E-state index < -0.39 is 7.21 Å². The van der Waals surface area contributed by atoms with Crippen LogP contribution >= 0.6 is 18.8 Å². The molecule has 0 aliphatic carbocycles. The van der Waals surface area contributed by atoms with Crippen LogP contribution in [0.25, 0.3) is 5.69 Å². The molecule has 0 aliphatic heterocycles. The van der Waals surface area contributed by atoms with E-state index in [1.807, 2.05) is 48.0 Å². The van der Waals surface area contributed by atoms with Crippen molar-refractivity contribution in [3.63, 3.8) is 0 Å². The van der Waals surface area contributed by atoms with Gasteiger partial charge in [-0.1, -0.05) is 62.7 Å². The fourth-order valence-electron chi connectivity index (χ4n) is 4.20. The predicted molar refractivity (Wildman–Crippen MR) is 131 cm³/mol. The van der Waals surface area contributed by atoms with Gasteiger partial charge in [-0.3, -0.25) is 4.67 Å². The molecule has 3 rings (SSSR count). The van der Waals surface area contributed by atoms with Crippen LogP contribution in [-0.4, -0.2) is 33.7 Å². The summed E-state index contributed by atoms with van der Waals surface area (Å²) in [5.41, 5.74) is 5.09. The third-order valence-electron chi connectivity index (χ3n) is 5.50. The van der Waals surface area contributed by atoms with Crippen molar-refractivity contribution in [2.24, 2.45) is 4.74 Å². The van der Waals surface area contributed by atoms with Crippen LogP contribution < -0.4 is 5.30 Å². The van der Waals surface area contributed by atoms with Crippen LogP contribution in [0.3, 0.4) is 0 Å². The molecule has 6 heteroatoms. The van der Waals surface area contributed by atoms with Crippen molar-refractivity contribution in [1.82, 2.24) is 14.5 Å². The van der Waals surface area contributed by atoms with Crippen molar-refractivity contribution in [2.75, 3.05) is 14.1 Å². The zero-order chi connectivity index (χ0) is 22.3. The first kappa shape index (κ1) is 22.8. The van der Waals surface area contributed by atoms with Crippen LogP contribution in [0.5, 0.6) is 0 Å². The maximum Gasteiger partial charge on any atom is 0.0822 e. The molecule has 2 aromatic carbocycles. The quantitative estimate of drug-likeness (QED) is 0.412. The Morgan fingerprint density at radius 2 is 1.60 bits per heavy atom. The maximum absolute atomic E-state index is 6.71. The Kier molecular flexibility index (Phi) is 6.34. The lowest BCUT2D eigenvalue weighted by Gasteiger charge is -2.42. The number of rotatable bonds is 4. The number of para-hydroxylation sites is 1. The number of hydrogen-bond acceptors (Lipinski definition) is 2. The number of benzene rings is 2. The lowest BCUT2D eigenvalue weighted by atomic mass is 10.2. The standard InChI is InChI=1S/C24H32ClN4P/c1-17-13-12-16-21(22(17)25)27-30(28(7)8,24(4,5)6)23-18(2)26-29(19(23)3)20-14-10-9-11-15-20/h9-16H,1-8H3/t30-/m1/s1. The zero-order valence-corrected chi connectivity index (χ0v) is 20.9. The SMILES string of the molecule is Cc1cccc(N=[P@](c2c(C)nn(-c3ccccc3)c2C)(N(C)C)C(C)(C)C)c1Cl. The molecule has 0 spiro atoms. The molecule has 4 nitrogen and oxygen atoms in total. The number of aromatic nitrogens is 2. The Hall–Kier alpha value is -1.87. The van der Waals surface area contributed by atoms with Crippen LogP contribution in [0.4, 0.5) is 5.69 Å². The molecule has 1 heterocycles. The number of nitrogens with zero attached hydrogens (tertiary/aromatic N) is 4. The predicted octanol–water partition coefficient (Wildman–Crippen LogP) is 6.88. The van der Waals surface area contributed by atoms with E-state index in [9.17, 15) is 0 Å². The second-order valence-electron chi connectivity index (χ2n) is 8.89. The summed E-state index contributed by atoms with van der Waals surface area (Å²) in [5.74, 6) is 0. The van der Waals surface area contributed by atoms with Crippen molar-refractivity contribution in [1.29, 1.82) is 0 Å². The Labute approximate surface area is 186 Å². The van der Waals surface area contributed by atoms with Gasteiger partial charge in [0.2, 0.25) is 0 Å². The zero-order valence-electron chi connectivity index (χ0n) is 19.2. The summed E-state index contributed by atoms with van der Waals surface area (Å²) in [6.45, 7) is 13.1. The summed E-state index contributed by atoms with van der Waals surface area (Å²) < 4.78 is 9.82. The molecule has 0 N–H and O–H groups in total. The molecule has 0 saturated carbocycles. The molecule has 1 atom stereocenters. The van der Waals surface area contributed by atoms with Gasteiger partial charge in [-0.05, 0) is 58.6 Å². The highest BCUT2D eigenvalue weighted by molar-refractivity contribution is 7.73. The van der Waals surface area contributed by atoms with Gasteiger partial charge in [-0.2, -0.15) is 5.10 Å². The second-order valence-corrected chi connectivity index (χ2v) is 13.3. The number of hydrogen-bond donors (Lipinski definition) is 0. The van der Waals surface area contributed by atoms with Crippen molar-refractivity contribution < 1.29 is 0 Å². The van der Waals surface area contributed by atoms with E-state index in [0.717, 1.165) is 33.3 Å². The summed E-state index contributed by atoms with van der Waals surface area (Å²) in [5, 5.41) is 6.77. The van der Waals surface area contributed by atoms with Gasteiger partial charge in [-0.25, -0.2) is 9.43 Å². The topological polar surface area (TPSA) is 33.4 Å². The van der Waals surface area contributed by atoms with Gasteiger partial charge in [0, 0.05) is 5.16 Å². The molecule has 0 bridgehead atoms. The Bertz CT molecular complexity index is 1110. The van der Waals surface area contributed by atoms with E-state index in [-0.39, 0.29) is 5.16 Å². The molecule has 0 saturated heterocycles. The van der Waals surface area contributed by atoms with Crippen LogP contribution in [0.2, 0.25) is 5.02 Å². The highest BCUT2D eigenvalue weighted by Gasteiger charge is 2.42. The molecule has 30 heavy (non-hydrogen) atoms. The minimum Gasteiger partial charge on any atom is -0.271 e. The lowest BCUT2D eigenvalue weighted by Crippen LogP contribution is -2.34. The minimum atomic E-state index is -2.26. The second kappa shape index (κ2) is 8.34. The molecular weight excluding hydrogens is 411 g/mol. The molecular formula is C24H32ClN4P. The Morgan fingerprint density at radius 1 is 0.967 bits per heavy atom. The summed E-state index contributed by atoms with van der Waals surface area (Å²) in [7, 11) is 2.00. The molecule has 160 valence electrons. The highest BCUT2D eigenvalue weighted by Crippen LogP contribution is 2.64. The van der Waals surface area contributed by atoms with Gasteiger partial charge in [-0.15, -0.1) is 0 Å². The van der Waals surface area contributed by atoms with Crippen molar-refractivity contribution in [3.8, 4) is 5.69 Å². The molecule has 0 fully saturated rings. The van der Waals surface area contributed by atoms with Crippen molar-refractivity contribution >= 4 is 29.8 Å². The minimum absolute atomic E-state index is 0.121. The first-order valence-corrected chi connectivity index (χ1v) is 12.3. The third kappa shape index (κ3) is 3.77. The lowest BCUT2D eigenvalue weighted by molar-refractivity contribution is 0.625. The highest BCUT2D eigenvalue weighted by atomic mass is 35.5. The normalized spacial score (nSPS) is 14.1. The van der Waals surface area contributed by atoms with Gasteiger partial charge in [0.1, 0.15) is 0 Å².